The van der Waals surface area contributed by atoms with Crippen LogP contribution in [0.25, 0.3) is 0 Å². The van der Waals surface area contributed by atoms with Gasteiger partial charge in [0.1, 0.15) is 0 Å². The summed E-state index contributed by atoms with van der Waals surface area (Å²) in [4.78, 5) is 0. The lowest BCUT2D eigenvalue weighted by molar-refractivity contribution is 0.551. The molecular weight excluding hydrogens is 216 g/mol. The highest BCUT2D eigenvalue weighted by atomic mass is 35.5. The Morgan fingerprint density at radius 3 is 1.75 bits per heavy atom. The Kier molecular flexibility index (Phi) is 13.1. The molecule has 0 aliphatic rings. The molecule has 16 heavy (non-hydrogen) atoms. The Morgan fingerprint density at radius 1 is 0.875 bits per heavy atom. The molecule has 0 rings (SSSR count). The Balaban J connectivity index is 2.96. The largest absolute Gasteiger partial charge is 0.118 e. The van der Waals surface area contributed by atoms with Gasteiger partial charge in [-0.25, -0.2) is 0 Å². The van der Waals surface area contributed by atoms with E-state index in [1.807, 2.05) is 6.08 Å². The van der Waals surface area contributed by atoms with E-state index in [4.69, 9.17) is 11.6 Å². The summed E-state index contributed by atoms with van der Waals surface area (Å²) in [6.07, 6.45) is 16.8. The summed E-state index contributed by atoms with van der Waals surface area (Å²) in [5.74, 6) is 0. The zero-order valence-corrected chi connectivity index (χ0v) is 11.8. The summed E-state index contributed by atoms with van der Waals surface area (Å²) >= 11 is 5.96. The number of rotatable bonds is 12. The minimum absolute atomic E-state index is 0.189. The first-order chi connectivity index (χ1) is 7.81. The normalized spacial score (nSPS) is 12.6. The Hall–Kier alpha value is 0.0300. The second-order valence-electron chi connectivity index (χ2n) is 4.72. The maximum atomic E-state index is 5.96. The lowest BCUT2D eigenvalue weighted by atomic mass is 10.1. The quantitative estimate of drug-likeness (QED) is 0.221. The summed E-state index contributed by atoms with van der Waals surface area (Å²) in [6, 6.07) is 0. The van der Waals surface area contributed by atoms with Crippen molar-refractivity contribution in [3.8, 4) is 0 Å². The molecule has 96 valence electrons. The molecule has 0 nitrogen and oxygen atoms in total. The van der Waals surface area contributed by atoms with Gasteiger partial charge in [0.15, 0.2) is 0 Å². The summed E-state index contributed by atoms with van der Waals surface area (Å²) in [5.41, 5.74) is 0. The van der Waals surface area contributed by atoms with Crippen molar-refractivity contribution in [2.75, 3.05) is 0 Å². The zero-order valence-electron chi connectivity index (χ0n) is 11.0. The van der Waals surface area contributed by atoms with E-state index in [1.54, 1.807) is 0 Å². The summed E-state index contributed by atoms with van der Waals surface area (Å²) < 4.78 is 0. The minimum Gasteiger partial charge on any atom is -0.118 e. The van der Waals surface area contributed by atoms with Crippen molar-refractivity contribution in [2.45, 2.75) is 82.9 Å². The summed E-state index contributed by atoms with van der Waals surface area (Å²) in [7, 11) is 0. The van der Waals surface area contributed by atoms with Crippen LogP contribution in [0.3, 0.4) is 0 Å². The Labute approximate surface area is 107 Å². The molecule has 0 N–H and O–H groups in total. The van der Waals surface area contributed by atoms with Crippen molar-refractivity contribution >= 4 is 11.6 Å². The molecule has 0 fully saturated rings. The molecule has 0 aromatic heterocycles. The van der Waals surface area contributed by atoms with Gasteiger partial charge in [-0.1, -0.05) is 77.2 Å². The van der Waals surface area contributed by atoms with Crippen LogP contribution in [0.4, 0.5) is 0 Å². The number of alkyl halides is 1. The predicted octanol–water partition coefficient (Wildman–Crippen LogP) is 6.09. The highest BCUT2D eigenvalue weighted by Crippen LogP contribution is 2.13. The van der Waals surface area contributed by atoms with Crippen molar-refractivity contribution in [3.05, 3.63) is 12.7 Å². The summed E-state index contributed by atoms with van der Waals surface area (Å²) in [6.45, 7) is 5.96. The molecule has 1 unspecified atom stereocenters. The third-order valence-electron chi connectivity index (χ3n) is 3.09. The van der Waals surface area contributed by atoms with E-state index >= 15 is 0 Å². The van der Waals surface area contributed by atoms with Crippen LogP contribution in [0.5, 0.6) is 0 Å². The second-order valence-corrected chi connectivity index (χ2v) is 5.28. The Bertz CT molecular complexity index is 142. The van der Waals surface area contributed by atoms with E-state index in [1.165, 1.54) is 64.2 Å². The number of unbranched alkanes of at least 4 members (excludes halogenated alkanes) is 9. The standard InChI is InChI=1S/C15H29Cl/c1-3-5-6-7-8-9-10-11-12-13-14-15(16)4-2/h4,15H,2-3,5-14H2,1H3. The zero-order chi connectivity index (χ0) is 12.1. The van der Waals surface area contributed by atoms with Crippen LogP contribution >= 0.6 is 11.6 Å². The van der Waals surface area contributed by atoms with Crippen LogP contribution in [-0.2, 0) is 0 Å². The fourth-order valence-electron chi connectivity index (χ4n) is 1.94. The number of hydrogen-bond acceptors (Lipinski definition) is 0. The van der Waals surface area contributed by atoms with Crippen LogP contribution in [-0.4, -0.2) is 5.38 Å². The molecule has 0 saturated carbocycles. The Morgan fingerprint density at radius 2 is 1.31 bits per heavy atom. The third-order valence-corrected chi connectivity index (χ3v) is 3.49. The molecule has 0 aliphatic heterocycles. The van der Waals surface area contributed by atoms with Crippen molar-refractivity contribution < 1.29 is 0 Å². The molecule has 0 bridgehead atoms. The highest BCUT2D eigenvalue weighted by molar-refractivity contribution is 6.21. The predicted molar refractivity (Wildman–Crippen MR) is 76.3 cm³/mol. The van der Waals surface area contributed by atoms with Gasteiger partial charge in [0.2, 0.25) is 0 Å². The third kappa shape index (κ3) is 12.1. The van der Waals surface area contributed by atoms with Crippen molar-refractivity contribution in [1.29, 1.82) is 0 Å². The van der Waals surface area contributed by atoms with Gasteiger partial charge in [0.05, 0.1) is 5.38 Å². The molecule has 0 aliphatic carbocycles. The monoisotopic (exact) mass is 244 g/mol. The van der Waals surface area contributed by atoms with Crippen molar-refractivity contribution in [2.24, 2.45) is 0 Å². The van der Waals surface area contributed by atoms with Crippen LogP contribution in [0.1, 0.15) is 77.6 Å². The average Bonchev–Trinajstić information content (AvgIpc) is 2.31. The lowest BCUT2D eigenvalue weighted by Crippen LogP contribution is -1.92. The van der Waals surface area contributed by atoms with Gasteiger partial charge >= 0.3 is 0 Å². The molecule has 0 radical (unpaired) electrons. The first-order valence-corrected chi connectivity index (χ1v) is 7.51. The molecule has 0 saturated heterocycles. The molecular formula is C15H29Cl. The number of hydrogen-bond donors (Lipinski definition) is 0. The topological polar surface area (TPSA) is 0 Å². The first-order valence-electron chi connectivity index (χ1n) is 7.08. The molecule has 0 heterocycles. The van der Waals surface area contributed by atoms with Gasteiger partial charge in [-0.2, -0.15) is 0 Å². The first kappa shape index (κ1) is 16.0. The minimum atomic E-state index is 0.189. The molecule has 1 heteroatoms. The van der Waals surface area contributed by atoms with Gasteiger partial charge in [0.25, 0.3) is 0 Å². The van der Waals surface area contributed by atoms with Gasteiger partial charge in [-0.15, -0.1) is 18.2 Å². The van der Waals surface area contributed by atoms with E-state index in [0.29, 0.717) is 0 Å². The fraction of sp³-hybridized carbons (Fsp3) is 0.867. The lowest BCUT2D eigenvalue weighted by Gasteiger charge is -2.04. The molecule has 0 spiro atoms. The number of halogens is 1. The van der Waals surface area contributed by atoms with Gasteiger partial charge < -0.3 is 0 Å². The van der Waals surface area contributed by atoms with E-state index in [0.717, 1.165) is 6.42 Å². The molecule has 0 aromatic carbocycles. The SMILES string of the molecule is C=CC(Cl)CCCCCCCCCCCC. The maximum absolute atomic E-state index is 5.96. The maximum Gasteiger partial charge on any atom is 0.0513 e. The highest BCUT2D eigenvalue weighted by Gasteiger charge is 1.97. The smallest absolute Gasteiger partial charge is 0.0513 e. The van der Waals surface area contributed by atoms with Crippen LogP contribution in [0, 0.1) is 0 Å². The van der Waals surface area contributed by atoms with E-state index in [2.05, 4.69) is 13.5 Å². The molecule has 0 amide bonds. The molecule has 0 aromatic rings. The van der Waals surface area contributed by atoms with Crippen molar-refractivity contribution in [3.63, 3.8) is 0 Å². The van der Waals surface area contributed by atoms with Crippen LogP contribution < -0.4 is 0 Å². The van der Waals surface area contributed by atoms with E-state index in [9.17, 15) is 0 Å². The average molecular weight is 245 g/mol. The molecule has 1 atom stereocenters. The van der Waals surface area contributed by atoms with Crippen LogP contribution in [0.15, 0.2) is 12.7 Å². The van der Waals surface area contributed by atoms with Gasteiger partial charge in [-0.3, -0.25) is 0 Å². The van der Waals surface area contributed by atoms with Crippen LogP contribution in [0.2, 0.25) is 0 Å². The summed E-state index contributed by atoms with van der Waals surface area (Å²) in [5, 5.41) is 0.189. The van der Waals surface area contributed by atoms with E-state index < -0.39 is 0 Å². The second kappa shape index (κ2) is 13.1. The number of allylic oxidation sites excluding steroid dienone is 1. The van der Waals surface area contributed by atoms with E-state index in [-0.39, 0.29) is 5.38 Å². The van der Waals surface area contributed by atoms with Gasteiger partial charge in [-0.05, 0) is 6.42 Å². The van der Waals surface area contributed by atoms with Crippen molar-refractivity contribution in [1.82, 2.24) is 0 Å². The van der Waals surface area contributed by atoms with Gasteiger partial charge in [0, 0.05) is 0 Å². The fourth-order valence-corrected chi connectivity index (χ4v) is 2.10.